The van der Waals surface area contributed by atoms with Crippen molar-refractivity contribution >= 4 is 26.8 Å². The Labute approximate surface area is 206 Å². The van der Waals surface area contributed by atoms with E-state index < -0.39 is 15.8 Å². The molecule has 36 heavy (non-hydrogen) atoms. The highest BCUT2D eigenvalue weighted by atomic mass is 32.2. The predicted octanol–water partition coefficient (Wildman–Crippen LogP) is 3.63. The maximum absolute atomic E-state index is 12.9. The van der Waals surface area contributed by atoms with Crippen LogP contribution in [0.25, 0.3) is 16.9 Å². The fourth-order valence-electron chi connectivity index (χ4n) is 3.63. The van der Waals surface area contributed by atoms with Crippen LogP contribution in [-0.2, 0) is 17.1 Å². The smallest absolute Gasteiger partial charge is 0.419 e. The Morgan fingerprint density at radius 2 is 1.75 bits per heavy atom. The minimum Gasteiger partial charge on any atom is -0.439 e. The quantitative estimate of drug-likeness (QED) is 0.369. The molecule has 0 spiro atoms. The lowest BCUT2D eigenvalue weighted by Gasteiger charge is -2.11. The van der Waals surface area contributed by atoms with Crippen molar-refractivity contribution in [2.45, 2.75) is 25.7 Å². The van der Waals surface area contributed by atoms with Gasteiger partial charge in [0, 0.05) is 24.5 Å². The highest BCUT2D eigenvalue weighted by Gasteiger charge is 2.17. The fraction of sp³-hybridized carbons (Fsp3) is 0.167. The number of nitrogens with zero attached hydrogens (tertiary/aromatic N) is 5. The van der Waals surface area contributed by atoms with Gasteiger partial charge < -0.3 is 9.15 Å². The third-order valence-corrected chi connectivity index (χ3v) is 7.08. The second-order valence-corrected chi connectivity index (χ2v) is 9.87. The molecule has 0 saturated heterocycles. The third kappa shape index (κ3) is 4.33. The number of aromatic nitrogens is 5. The molecular formula is C24H22N6O5S. The normalized spacial score (nSPS) is 11.7. The van der Waals surface area contributed by atoms with E-state index in [1.165, 1.54) is 29.8 Å². The van der Waals surface area contributed by atoms with Crippen LogP contribution < -0.4 is 15.2 Å². The largest absolute Gasteiger partial charge is 0.439 e. The standard InChI is InChI=1S/C24H22N6O5S/c1-14-15(2)30(13-25-14)22-12-23(27-16(3)26-22)34-18-7-5-17(6-8-18)28-36(32,33)19-9-10-21-20(11-19)29(4)24(31)35-21/h5-13,28H,1-4H3. The number of aryl methyl sites for hydroxylation is 3. The minimum atomic E-state index is -3.91. The van der Waals surface area contributed by atoms with E-state index in [0.717, 1.165) is 11.4 Å². The van der Waals surface area contributed by atoms with Crippen molar-refractivity contribution < 1.29 is 17.6 Å². The van der Waals surface area contributed by atoms with Crippen LogP contribution in [0.3, 0.4) is 0 Å². The summed E-state index contributed by atoms with van der Waals surface area (Å²) in [6, 6.07) is 12.3. The van der Waals surface area contributed by atoms with E-state index in [-0.39, 0.29) is 4.90 Å². The summed E-state index contributed by atoms with van der Waals surface area (Å²) in [6.07, 6.45) is 1.70. The molecule has 1 N–H and O–H groups in total. The van der Waals surface area contributed by atoms with E-state index in [0.29, 0.717) is 40.1 Å². The number of rotatable bonds is 6. The Bertz CT molecular complexity index is 1770. The van der Waals surface area contributed by atoms with E-state index in [1.54, 1.807) is 43.6 Å². The number of ether oxygens (including phenoxy) is 1. The molecule has 0 bridgehead atoms. The monoisotopic (exact) mass is 506 g/mol. The molecule has 5 rings (SSSR count). The van der Waals surface area contributed by atoms with Gasteiger partial charge in [0.15, 0.2) is 5.58 Å². The van der Waals surface area contributed by atoms with Gasteiger partial charge in [0.25, 0.3) is 10.0 Å². The van der Waals surface area contributed by atoms with Crippen molar-refractivity contribution in [2.24, 2.45) is 7.05 Å². The van der Waals surface area contributed by atoms with E-state index in [9.17, 15) is 13.2 Å². The zero-order valence-corrected chi connectivity index (χ0v) is 20.7. The van der Waals surface area contributed by atoms with Gasteiger partial charge >= 0.3 is 5.76 Å². The first kappa shape index (κ1) is 23.3. The summed E-state index contributed by atoms with van der Waals surface area (Å²) in [5.74, 6) is 1.41. The zero-order valence-electron chi connectivity index (χ0n) is 19.9. The zero-order chi connectivity index (χ0) is 25.6. The van der Waals surface area contributed by atoms with Crippen LogP contribution in [0.4, 0.5) is 5.69 Å². The number of oxazole rings is 1. The van der Waals surface area contributed by atoms with Gasteiger partial charge in [0.1, 0.15) is 23.7 Å². The summed E-state index contributed by atoms with van der Waals surface area (Å²) in [4.78, 5) is 24.8. The Hall–Kier alpha value is -4.45. The number of fused-ring (bicyclic) bond motifs is 1. The first-order valence-corrected chi connectivity index (χ1v) is 12.4. The van der Waals surface area contributed by atoms with Crippen LogP contribution in [0.15, 0.2) is 69.0 Å². The Balaban J connectivity index is 1.35. The van der Waals surface area contributed by atoms with Crippen LogP contribution in [0.2, 0.25) is 0 Å². The first-order valence-electron chi connectivity index (χ1n) is 10.9. The van der Waals surface area contributed by atoms with Crippen molar-refractivity contribution in [3.63, 3.8) is 0 Å². The second-order valence-electron chi connectivity index (χ2n) is 8.19. The summed E-state index contributed by atoms with van der Waals surface area (Å²) in [6.45, 7) is 5.64. The summed E-state index contributed by atoms with van der Waals surface area (Å²) in [5, 5.41) is 0. The predicted molar refractivity (Wildman–Crippen MR) is 132 cm³/mol. The van der Waals surface area contributed by atoms with E-state index >= 15 is 0 Å². The van der Waals surface area contributed by atoms with Crippen molar-refractivity contribution in [1.82, 2.24) is 24.1 Å². The van der Waals surface area contributed by atoms with Gasteiger partial charge in [-0.2, -0.15) is 4.98 Å². The lowest BCUT2D eigenvalue weighted by Crippen LogP contribution is -2.13. The molecule has 0 aliphatic carbocycles. The molecule has 5 aromatic rings. The van der Waals surface area contributed by atoms with Gasteiger partial charge in [-0.3, -0.25) is 13.9 Å². The molecule has 0 radical (unpaired) electrons. The van der Waals surface area contributed by atoms with Crippen LogP contribution in [0.1, 0.15) is 17.2 Å². The van der Waals surface area contributed by atoms with Gasteiger partial charge in [-0.25, -0.2) is 23.2 Å². The van der Waals surface area contributed by atoms with Crippen LogP contribution in [0, 0.1) is 20.8 Å². The van der Waals surface area contributed by atoms with Crippen molar-refractivity contribution in [3.8, 4) is 17.4 Å². The molecule has 3 aromatic heterocycles. The molecule has 184 valence electrons. The molecule has 0 atom stereocenters. The number of nitrogens with one attached hydrogen (secondary N) is 1. The van der Waals surface area contributed by atoms with E-state index in [1.807, 2.05) is 18.4 Å². The number of anilines is 1. The van der Waals surface area contributed by atoms with E-state index in [2.05, 4.69) is 19.7 Å². The SMILES string of the molecule is Cc1nc(Oc2ccc(NS(=O)(=O)c3ccc4oc(=O)n(C)c4c3)cc2)cc(-n2cnc(C)c2C)n1. The van der Waals surface area contributed by atoms with Gasteiger partial charge in [0.2, 0.25) is 5.88 Å². The summed E-state index contributed by atoms with van der Waals surface area (Å²) >= 11 is 0. The Morgan fingerprint density at radius 3 is 2.44 bits per heavy atom. The second kappa shape index (κ2) is 8.64. The average Bonchev–Trinajstić information content (AvgIpc) is 3.32. The summed E-state index contributed by atoms with van der Waals surface area (Å²) < 4.78 is 42.4. The van der Waals surface area contributed by atoms with Gasteiger partial charge in [0.05, 0.1) is 16.1 Å². The van der Waals surface area contributed by atoms with Crippen LogP contribution >= 0.6 is 0 Å². The van der Waals surface area contributed by atoms with Crippen molar-refractivity contribution in [3.05, 3.63) is 82.6 Å². The Kier molecular flexibility index (Phi) is 5.59. The van der Waals surface area contributed by atoms with Crippen LogP contribution in [-0.4, -0.2) is 32.5 Å². The molecule has 0 fully saturated rings. The van der Waals surface area contributed by atoms with Crippen molar-refractivity contribution in [2.75, 3.05) is 4.72 Å². The summed E-state index contributed by atoms with van der Waals surface area (Å²) in [7, 11) is -2.39. The molecule has 0 aliphatic rings. The summed E-state index contributed by atoms with van der Waals surface area (Å²) in [5.41, 5.74) is 2.90. The number of sulfonamides is 1. The fourth-order valence-corrected chi connectivity index (χ4v) is 4.71. The number of imidazole rings is 1. The lowest BCUT2D eigenvalue weighted by molar-refractivity contribution is 0.459. The molecule has 0 unspecified atom stereocenters. The molecule has 0 saturated carbocycles. The molecule has 0 aliphatic heterocycles. The number of benzene rings is 2. The third-order valence-electron chi connectivity index (χ3n) is 5.70. The van der Waals surface area contributed by atoms with Crippen LogP contribution in [0.5, 0.6) is 11.6 Å². The Morgan fingerprint density at radius 1 is 1.00 bits per heavy atom. The molecule has 11 nitrogen and oxygen atoms in total. The topological polar surface area (TPSA) is 134 Å². The number of hydrogen-bond acceptors (Lipinski definition) is 8. The highest BCUT2D eigenvalue weighted by molar-refractivity contribution is 7.92. The van der Waals surface area contributed by atoms with Gasteiger partial charge in [-0.1, -0.05) is 0 Å². The van der Waals surface area contributed by atoms with Gasteiger partial charge in [-0.05, 0) is 63.2 Å². The minimum absolute atomic E-state index is 0.000693. The maximum Gasteiger partial charge on any atom is 0.419 e. The molecule has 2 aromatic carbocycles. The maximum atomic E-state index is 12.9. The molecular weight excluding hydrogens is 484 g/mol. The van der Waals surface area contributed by atoms with Crippen molar-refractivity contribution in [1.29, 1.82) is 0 Å². The first-order chi connectivity index (χ1) is 17.1. The van der Waals surface area contributed by atoms with E-state index in [4.69, 9.17) is 9.15 Å². The highest BCUT2D eigenvalue weighted by Crippen LogP contribution is 2.26. The average molecular weight is 507 g/mol. The number of hydrogen-bond donors (Lipinski definition) is 1. The van der Waals surface area contributed by atoms with Gasteiger partial charge in [-0.15, -0.1) is 0 Å². The molecule has 0 amide bonds. The molecule has 3 heterocycles. The molecule has 12 heteroatoms. The lowest BCUT2D eigenvalue weighted by atomic mass is 10.3.